The lowest BCUT2D eigenvalue weighted by molar-refractivity contribution is -0.384. The summed E-state index contributed by atoms with van der Waals surface area (Å²) in [6.45, 7) is 5.38. The summed E-state index contributed by atoms with van der Waals surface area (Å²) in [7, 11) is 0. The van der Waals surface area contributed by atoms with Crippen molar-refractivity contribution >= 4 is 24.0 Å². The van der Waals surface area contributed by atoms with Gasteiger partial charge < -0.3 is 10.6 Å². The van der Waals surface area contributed by atoms with Gasteiger partial charge in [0.1, 0.15) is 0 Å². The number of nitro groups is 1. The number of halogens is 1. The molecule has 1 fully saturated rings. The van der Waals surface area contributed by atoms with Crippen LogP contribution in [0.1, 0.15) is 25.8 Å². The molecule has 1 aliphatic heterocycles. The summed E-state index contributed by atoms with van der Waals surface area (Å²) >= 11 is 0. The summed E-state index contributed by atoms with van der Waals surface area (Å²) in [6, 6.07) is 6.29. The largest absolute Gasteiger partial charge is 0.347 e. The van der Waals surface area contributed by atoms with Crippen LogP contribution in [0.15, 0.2) is 24.3 Å². The fraction of sp³-hybridized carbons (Fsp3) is 0.500. The molecular weight excluding hydrogens is 294 g/mol. The molecule has 21 heavy (non-hydrogen) atoms. The summed E-state index contributed by atoms with van der Waals surface area (Å²) in [5.74, 6) is 0.0330. The second kappa shape index (κ2) is 6.87. The molecule has 1 aromatic carbocycles. The second-order valence-corrected chi connectivity index (χ2v) is 5.61. The second-order valence-electron chi connectivity index (χ2n) is 5.61. The minimum atomic E-state index is -0.547. The maximum Gasteiger partial charge on any atom is 0.269 e. The predicted molar refractivity (Wildman–Crippen MR) is 82.5 cm³/mol. The van der Waals surface area contributed by atoms with Gasteiger partial charge in [0, 0.05) is 18.7 Å². The van der Waals surface area contributed by atoms with E-state index < -0.39 is 10.5 Å². The highest BCUT2D eigenvalue weighted by molar-refractivity contribution is 5.85. The van der Waals surface area contributed by atoms with Crippen molar-refractivity contribution in [1.82, 2.24) is 10.6 Å². The Balaban J connectivity index is 0.00000220. The first-order valence-electron chi connectivity index (χ1n) is 6.68. The zero-order valence-corrected chi connectivity index (χ0v) is 12.9. The van der Waals surface area contributed by atoms with Crippen molar-refractivity contribution in [3.8, 4) is 0 Å². The fourth-order valence-electron chi connectivity index (χ4n) is 2.36. The third kappa shape index (κ3) is 4.15. The van der Waals surface area contributed by atoms with E-state index in [4.69, 9.17) is 0 Å². The van der Waals surface area contributed by atoms with Crippen LogP contribution in [0.5, 0.6) is 0 Å². The van der Waals surface area contributed by atoms with E-state index in [1.165, 1.54) is 12.1 Å². The van der Waals surface area contributed by atoms with Crippen LogP contribution in [0, 0.1) is 16.0 Å². The van der Waals surface area contributed by atoms with E-state index >= 15 is 0 Å². The van der Waals surface area contributed by atoms with Crippen molar-refractivity contribution in [2.24, 2.45) is 5.92 Å². The van der Waals surface area contributed by atoms with Crippen molar-refractivity contribution < 1.29 is 9.72 Å². The first-order chi connectivity index (χ1) is 9.40. The van der Waals surface area contributed by atoms with Gasteiger partial charge in [-0.15, -0.1) is 12.4 Å². The highest BCUT2D eigenvalue weighted by Crippen LogP contribution is 2.23. The molecule has 0 aliphatic carbocycles. The van der Waals surface area contributed by atoms with Gasteiger partial charge in [0.15, 0.2) is 0 Å². The van der Waals surface area contributed by atoms with E-state index in [-0.39, 0.29) is 29.9 Å². The summed E-state index contributed by atoms with van der Waals surface area (Å²) in [6.07, 6.45) is 0.849. The van der Waals surface area contributed by atoms with Gasteiger partial charge in [-0.3, -0.25) is 14.9 Å². The minimum Gasteiger partial charge on any atom is -0.347 e. The Morgan fingerprint density at radius 2 is 2.00 bits per heavy atom. The number of non-ortho nitro benzene ring substituents is 1. The minimum absolute atomic E-state index is 0. The Morgan fingerprint density at radius 1 is 1.38 bits per heavy atom. The van der Waals surface area contributed by atoms with Crippen LogP contribution in [0.3, 0.4) is 0 Å². The summed E-state index contributed by atoms with van der Waals surface area (Å²) < 4.78 is 0. The van der Waals surface area contributed by atoms with Gasteiger partial charge in [-0.2, -0.15) is 0 Å². The molecule has 7 heteroatoms. The third-order valence-electron chi connectivity index (χ3n) is 3.67. The maximum absolute atomic E-state index is 12.2. The molecule has 1 aliphatic rings. The smallest absolute Gasteiger partial charge is 0.269 e. The topological polar surface area (TPSA) is 84.3 Å². The Morgan fingerprint density at radius 3 is 2.48 bits per heavy atom. The summed E-state index contributed by atoms with van der Waals surface area (Å²) in [4.78, 5) is 22.4. The van der Waals surface area contributed by atoms with Crippen LogP contribution in [0.2, 0.25) is 0 Å². The van der Waals surface area contributed by atoms with E-state index in [0.29, 0.717) is 6.54 Å². The molecule has 0 saturated carbocycles. The van der Waals surface area contributed by atoms with Crippen LogP contribution >= 0.6 is 12.4 Å². The van der Waals surface area contributed by atoms with Crippen molar-refractivity contribution in [3.63, 3.8) is 0 Å². The average Bonchev–Trinajstić information content (AvgIpc) is 2.92. The Bertz CT molecular complexity index is 511. The van der Waals surface area contributed by atoms with Gasteiger partial charge >= 0.3 is 0 Å². The van der Waals surface area contributed by atoms with Gasteiger partial charge in [-0.1, -0.05) is 0 Å². The Labute approximate surface area is 129 Å². The molecule has 2 rings (SSSR count). The molecule has 6 nitrogen and oxygen atoms in total. The van der Waals surface area contributed by atoms with Crippen LogP contribution in [-0.2, 0) is 10.3 Å². The van der Waals surface area contributed by atoms with E-state index in [0.717, 1.165) is 18.5 Å². The molecule has 0 spiro atoms. The van der Waals surface area contributed by atoms with Gasteiger partial charge in [0.25, 0.3) is 5.69 Å². The average molecular weight is 314 g/mol. The summed E-state index contributed by atoms with van der Waals surface area (Å²) in [5, 5.41) is 16.8. The molecule has 1 saturated heterocycles. The number of hydrogen-bond acceptors (Lipinski definition) is 4. The lowest BCUT2D eigenvalue weighted by Gasteiger charge is -2.28. The molecule has 116 valence electrons. The normalized spacial score (nSPS) is 17.9. The maximum atomic E-state index is 12.2. The van der Waals surface area contributed by atoms with Gasteiger partial charge in [-0.05, 0) is 44.5 Å². The number of carbonyl (C=O) groups excluding carboxylic acids is 1. The zero-order valence-electron chi connectivity index (χ0n) is 12.1. The molecule has 0 aromatic heterocycles. The number of rotatable bonds is 4. The van der Waals surface area contributed by atoms with Crippen LogP contribution < -0.4 is 10.6 Å². The number of nitrogens with zero attached hydrogens (tertiary/aromatic N) is 1. The van der Waals surface area contributed by atoms with Crippen LogP contribution in [0.4, 0.5) is 5.69 Å². The van der Waals surface area contributed by atoms with Gasteiger partial charge in [-0.25, -0.2) is 0 Å². The van der Waals surface area contributed by atoms with E-state index in [9.17, 15) is 14.9 Å². The quantitative estimate of drug-likeness (QED) is 0.657. The molecule has 0 bridgehead atoms. The molecule has 2 N–H and O–H groups in total. The lowest BCUT2D eigenvalue weighted by Crippen LogP contribution is -2.44. The van der Waals surface area contributed by atoms with E-state index in [1.807, 2.05) is 13.8 Å². The van der Waals surface area contributed by atoms with Gasteiger partial charge in [0.2, 0.25) is 5.91 Å². The number of nitrogens with one attached hydrogen (secondary N) is 2. The fourth-order valence-corrected chi connectivity index (χ4v) is 2.36. The van der Waals surface area contributed by atoms with Crippen LogP contribution in [-0.4, -0.2) is 23.9 Å². The number of nitro benzene ring substituents is 1. The first kappa shape index (κ1) is 17.4. The third-order valence-corrected chi connectivity index (χ3v) is 3.67. The number of carbonyl (C=O) groups is 1. The monoisotopic (exact) mass is 313 g/mol. The Hall–Kier alpha value is -1.66. The molecular formula is C14H20ClN3O3. The molecule has 1 aromatic rings. The predicted octanol–water partition coefficient (Wildman–Crippen LogP) is 1.98. The highest BCUT2D eigenvalue weighted by Gasteiger charge is 2.29. The number of hydrogen-bond donors (Lipinski definition) is 2. The first-order valence-corrected chi connectivity index (χ1v) is 6.68. The standard InChI is InChI=1S/C14H19N3O3.ClH/c1-14(2,16-13(18)10-7-8-15-9-10)11-3-5-12(6-4-11)17(19)20;/h3-6,10,15H,7-9H2,1-2H3,(H,16,18);1H. The zero-order chi connectivity index (χ0) is 14.8. The summed E-state index contributed by atoms with van der Waals surface area (Å²) in [5.41, 5.74) is 0.354. The molecule has 1 amide bonds. The Kier molecular flexibility index (Phi) is 5.69. The number of amides is 1. The van der Waals surface area contributed by atoms with Crippen molar-refractivity contribution in [1.29, 1.82) is 0 Å². The highest BCUT2D eigenvalue weighted by atomic mass is 35.5. The van der Waals surface area contributed by atoms with Crippen LogP contribution in [0.25, 0.3) is 0 Å². The van der Waals surface area contributed by atoms with E-state index in [2.05, 4.69) is 10.6 Å². The SMILES string of the molecule is CC(C)(NC(=O)C1CCNC1)c1ccc([N+](=O)[O-])cc1.Cl. The van der Waals surface area contributed by atoms with Crippen molar-refractivity contribution in [2.75, 3.05) is 13.1 Å². The molecule has 1 unspecified atom stereocenters. The van der Waals surface area contributed by atoms with Crippen molar-refractivity contribution in [3.05, 3.63) is 39.9 Å². The molecule has 1 heterocycles. The lowest BCUT2D eigenvalue weighted by atomic mass is 9.93. The van der Waals surface area contributed by atoms with Gasteiger partial charge in [0.05, 0.1) is 16.4 Å². The molecule has 1 atom stereocenters. The van der Waals surface area contributed by atoms with E-state index in [1.54, 1.807) is 12.1 Å². The molecule has 0 radical (unpaired) electrons. The number of benzene rings is 1. The van der Waals surface area contributed by atoms with Crippen molar-refractivity contribution in [2.45, 2.75) is 25.8 Å².